The average molecular weight is 179 g/mol. The number of alkyl halides is 2. The number of carbonyl (C=O) groups is 1. The monoisotopic (exact) mass is 179 g/mol. The Morgan fingerprint density at radius 2 is 2.17 bits per heavy atom. The Bertz CT molecular complexity index is 190. The summed E-state index contributed by atoms with van der Waals surface area (Å²) in [5.41, 5.74) is 0. The predicted molar refractivity (Wildman–Crippen MR) is 38.2 cm³/mol. The van der Waals surface area contributed by atoms with Gasteiger partial charge < -0.3 is 10.0 Å². The van der Waals surface area contributed by atoms with E-state index in [1.54, 1.807) is 4.90 Å². The van der Waals surface area contributed by atoms with Crippen molar-refractivity contribution >= 4 is 5.97 Å². The lowest BCUT2D eigenvalue weighted by atomic mass is 9.93. The van der Waals surface area contributed by atoms with Gasteiger partial charge in [-0.2, -0.15) is 8.78 Å². The third-order valence-corrected chi connectivity index (χ3v) is 2.20. The van der Waals surface area contributed by atoms with Gasteiger partial charge in [0.2, 0.25) is 0 Å². The van der Waals surface area contributed by atoms with E-state index in [4.69, 9.17) is 5.11 Å². The van der Waals surface area contributed by atoms with E-state index in [0.29, 0.717) is 6.54 Å². The molecule has 0 amide bonds. The smallest absolute Gasteiger partial charge is 0.374 e. The van der Waals surface area contributed by atoms with Gasteiger partial charge in [-0.3, -0.25) is 0 Å². The SMILES string of the molecule is CCN1CC(C(F)(F)C(=O)O)C1. The summed E-state index contributed by atoms with van der Waals surface area (Å²) in [7, 11) is 0. The maximum atomic E-state index is 12.7. The van der Waals surface area contributed by atoms with Crippen molar-refractivity contribution in [3.63, 3.8) is 0 Å². The van der Waals surface area contributed by atoms with Crippen LogP contribution in [0, 0.1) is 5.92 Å². The van der Waals surface area contributed by atoms with Crippen molar-refractivity contribution in [2.24, 2.45) is 5.92 Å². The fourth-order valence-electron chi connectivity index (χ4n) is 1.23. The van der Waals surface area contributed by atoms with Gasteiger partial charge in [-0.1, -0.05) is 6.92 Å². The first-order valence-corrected chi connectivity index (χ1v) is 3.82. The molecule has 1 heterocycles. The van der Waals surface area contributed by atoms with Crippen LogP contribution in [0.3, 0.4) is 0 Å². The number of halogens is 2. The second-order valence-electron chi connectivity index (χ2n) is 2.98. The standard InChI is InChI=1S/C7H11F2NO2/c1-2-10-3-5(4-10)7(8,9)6(11)12/h5H,2-4H2,1H3,(H,11,12). The molecule has 1 saturated heterocycles. The number of likely N-dealkylation sites (tertiary alicyclic amines) is 1. The van der Waals surface area contributed by atoms with Crippen LogP contribution in [-0.2, 0) is 4.79 Å². The average Bonchev–Trinajstić information content (AvgIpc) is 1.84. The Morgan fingerprint density at radius 1 is 1.67 bits per heavy atom. The number of carboxylic acids is 1. The zero-order valence-electron chi connectivity index (χ0n) is 6.76. The molecule has 0 aromatic rings. The van der Waals surface area contributed by atoms with Gasteiger partial charge in [-0.05, 0) is 6.54 Å². The summed E-state index contributed by atoms with van der Waals surface area (Å²) in [5, 5.41) is 8.17. The van der Waals surface area contributed by atoms with Crippen molar-refractivity contribution in [1.82, 2.24) is 4.90 Å². The van der Waals surface area contributed by atoms with Crippen LogP contribution in [0.2, 0.25) is 0 Å². The van der Waals surface area contributed by atoms with E-state index in [0.717, 1.165) is 0 Å². The molecule has 0 radical (unpaired) electrons. The quantitative estimate of drug-likeness (QED) is 0.691. The maximum Gasteiger partial charge on any atom is 0.374 e. The van der Waals surface area contributed by atoms with Crippen LogP contribution in [0.1, 0.15) is 6.92 Å². The Balaban J connectivity index is 2.46. The zero-order valence-corrected chi connectivity index (χ0v) is 6.76. The van der Waals surface area contributed by atoms with E-state index in [1.807, 2.05) is 6.92 Å². The van der Waals surface area contributed by atoms with Crippen LogP contribution < -0.4 is 0 Å². The molecule has 70 valence electrons. The van der Waals surface area contributed by atoms with Crippen molar-refractivity contribution in [3.8, 4) is 0 Å². The van der Waals surface area contributed by atoms with Crippen LogP contribution >= 0.6 is 0 Å². The number of nitrogens with zero attached hydrogens (tertiary/aromatic N) is 1. The number of hydrogen-bond acceptors (Lipinski definition) is 2. The van der Waals surface area contributed by atoms with Crippen molar-refractivity contribution in [1.29, 1.82) is 0 Å². The van der Waals surface area contributed by atoms with E-state index in [9.17, 15) is 13.6 Å². The molecule has 5 heteroatoms. The summed E-state index contributed by atoms with van der Waals surface area (Å²) in [6, 6.07) is 0. The van der Waals surface area contributed by atoms with Gasteiger partial charge in [0.25, 0.3) is 0 Å². The molecule has 0 aromatic carbocycles. The van der Waals surface area contributed by atoms with Crippen molar-refractivity contribution in [3.05, 3.63) is 0 Å². The highest BCUT2D eigenvalue weighted by molar-refractivity contribution is 5.75. The van der Waals surface area contributed by atoms with E-state index < -0.39 is 17.8 Å². The summed E-state index contributed by atoms with van der Waals surface area (Å²) in [5.74, 6) is -6.57. The van der Waals surface area contributed by atoms with Crippen molar-refractivity contribution < 1.29 is 18.7 Å². The van der Waals surface area contributed by atoms with Crippen LogP contribution in [0.5, 0.6) is 0 Å². The summed E-state index contributed by atoms with van der Waals surface area (Å²) in [6.45, 7) is 2.94. The highest BCUT2D eigenvalue weighted by Gasteiger charge is 2.52. The summed E-state index contributed by atoms with van der Waals surface area (Å²) >= 11 is 0. The lowest BCUT2D eigenvalue weighted by Gasteiger charge is -2.40. The molecule has 0 spiro atoms. The van der Waals surface area contributed by atoms with Crippen LogP contribution in [0.25, 0.3) is 0 Å². The van der Waals surface area contributed by atoms with Gasteiger partial charge in [0.05, 0.1) is 5.92 Å². The second kappa shape index (κ2) is 2.97. The molecule has 0 aromatic heterocycles. The molecule has 0 atom stereocenters. The number of hydrogen-bond donors (Lipinski definition) is 1. The van der Waals surface area contributed by atoms with Gasteiger partial charge >= 0.3 is 11.9 Å². The molecular weight excluding hydrogens is 168 g/mol. The molecule has 0 bridgehead atoms. The lowest BCUT2D eigenvalue weighted by Crippen LogP contribution is -2.56. The van der Waals surface area contributed by atoms with Crippen LogP contribution in [0.15, 0.2) is 0 Å². The third-order valence-electron chi connectivity index (χ3n) is 2.20. The van der Waals surface area contributed by atoms with Crippen LogP contribution in [0.4, 0.5) is 8.78 Å². The third kappa shape index (κ3) is 1.41. The van der Waals surface area contributed by atoms with Crippen LogP contribution in [-0.4, -0.2) is 41.5 Å². The fourth-order valence-corrected chi connectivity index (χ4v) is 1.23. The topological polar surface area (TPSA) is 40.5 Å². The van der Waals surface area contributed by atoms with E-state index in [2.05, 4.69) is 0 Å². The summed E-state index contributed by atoms with van der Waals surface area (Å²) in [4.78, 5) is 11.9. The van der Waals surface area contributed by atoms with Gasteiger partial charge in [0.15, 0.2) is 0 Å². The Kier molecular flexibility index (Phi) is 2.32. The zero-order chi connectivity index (χ0) is 9.35. The molecule has 0 aliphatic carbocycles. The Morgan fingerprint density at radius 3 is 2.50 bits per heavy atom. The van der Waals surface area contributed by atoms with Gasteiger partial charge in [-0.15, -0.1) is 0 Å². The minimum atomic E-state index is -3.55. The van der Waals surface area contributed by atoms with Crippen molar-refractivity contribution in [2.75, 3.05) is 19.6 Å². The minimum Gasteiger partial charge on any atom is -0.477 e. The lowest BCUT2D eigenvalue weighted by molar-refractivity contribution is -0.183. The largest absolute Gasteiger partial charge is 0.477 e. The molecule has 0 saturated carbocycles. The van der Waals surface area contributed by atoms with Gasteiger partial charge in [-0.25, -0.2) is 4.79 Å². The first-order chi connectivity index (χ1) is 5.48. The Hall–Kier alpha value is -0.710. The van der Waals surface area contributed by atoms with Gasteiger partial charge in [0.1, 0.15) is 0 Å². The molecule has 3 nitrogen and oxygen atoms in total. The second-order valence-corrected chi connectivity index (χ2v) is 2.98. The first-order valence-electron chi connectivity index (χ1n) is 3.82. The van der Waals surface area contributed by atoms with E-state index in [-0.39, 0.29) is 13.1 Å². The van der Waals surface area contributed by atoms with E-state index >= 15 is 0 Å². The first kappa shape index (κ1) is 9.38. The fraction of sp³-hybridized carbons (Fsp3) is 0.857. The molecule has 1 fully saturated rings. The number of carboxylic acid groups (broad SMARTS) is 1. The van der Waals surface area contributed by atoms with Gasteiger partial charge in [0, 0.05) is 13.1 Å². The summed E-state index contributed by atoms with van der Waals surface area (Å²) in [6.07, 6.45) is 0. The molecule has 12 heavy (non-hydrogen) atoms. The molecular formula is C7H11F2NO2. The van der Waals surface area contributed by atoms with Crippen molar-refractivity contribution in [2.45, 2.75) is 12.8 Å². The summed E-state index contributed by atoms with van der Waals surface area (Å²) < 4.78 is 25.3. The predicted octanol–water partition coefficient (Wildman–Crippen LogP) is 0.658. The highest BCUT2D eigenvalue weighted by Crippen LogP contribution is 2.32. The Labute approximate surface area is 69.0 Å². The molecule has 1 aliphatic rings. The number of rotatable bonds is 3. The molecule has 1 N–H and O–H groups in total. The maximum absolute atomic E-state index is 12.7. The molecule has 1 aliphatic heterocycles. The number of aliphatic carboxylic acids is 1. The molecule has 0 unspecified atom stereocenters. The molecule has 1 rings (SSSR count). The highest BCUT2D eigenvalue weighted by atomic mass is 19.3. The van der Waals surface area contributed by atoms with E-state index in [1.165, 1.54) is 0 Å². The minimum absolute atomic E-state index is 0.190. The normalized spacial score (nSPS) is 20.6.